The second kappa shape index (κ2) is 5.99. The molecule has 2 rings (SSSR count). The highest BCUT2D eigenvalue weighted by atomic mass is 19.1. The molecule has 0 saturated heterocycles. The Morgan fingerprint density at radius 3 is 2.81 bits per heavy atom. The van der Waals surface area contributed by atoms with Gasteiger partial charge in [-0.15, -0.1) is 0 Å². The van der Waals surface area contributed by atoms with Gasteiger partial charge in [0.1, 0.15) is 12.1 Å². The minimum Gasteiger partial charge on any atom is -0.478 e. The lowest BCUT2D eigenvalue weighted by Crippen LogP contribution is -2.29. The van der Waals surface area contributed by atoms with Gasteiger partial charge < -0.3 is 15.7 Å². The molecule has 2 aromatic rings. The number of benzene rings is 1. The number of anilines is 1. The molecule has 0 unspecified atom stereocenters. The van der Waals surface area contributed by atoms with Gasteiger partial charge in [-0.1, -0.05) is 0 Å². The van der Waals surface area contributed by atoms with E-state index in [0.29, 0.717) is 5.82 Å². The van der Waals surface area contributed by atoms with Gasteiger partial charge in [0.2, 0.25) is 0 Å². The molecule has 3 N–H and O–H groups in total. The quantitative estimate of drug-likeness (QED) is 0.778. The van der Waals surface area contributed by atoms with Crippen LogP contribution in [0, 0.1) is 5.82 Å². The molecule has 0 aliphatic carbocycles. The molecule has 1 heterocycles. The van der Waals surface area contributed by atoms with Gasteiger partial charge in [0.25, 0.3) is 0 Å². The molecular formula is C12H12FN5O3. The van der Waals surface area contributed by atoms with Gasteiger partial charge in [-0.2, -0.15) is 5.10 Å². The minimum absolute atomic E-state index is 0.0624. The Hall–Kier alpha value is -2.97. The predicted octanol–water partition coefficient (Wildman–Crippen LogP) is 0.974. The molecule has 0 radical (unpaired) electrons. The topological polar surface area (TPSA) is 109 Å². The Balaban J connectivity index is 1.99. The van der Waals surface area contributed by atoms with E-state index in [4.69, 9.17) is 5.11 Å². The molecule has 21 heavy (non-hydrogen) atoms. The zero-order valence-electron chi connectivity index (χ0n) is 11.0. The summed E-state index contributed by atoms with van der Waals surface area (Å²) in [6, 6.07) is 2.43. The van der Waals surface area contributed by atoms with E-state index in [9.17, 15) is 14.0 Å². The van der Waals surface area contributed by atoms with E-state index in [0.717, 1.165) is 18.2 Å². The van der Waals surface area contributed by atoms with Crippen LogP contribution in [0.5, 0.6) is 0 Å². The Morgan fingerprint density at radius 1 is 1.43 bits per heavy atom. The standard InChI is InChI=1S/C12H12FN5O3/c1-18-6-15-10(17-18)5-14-12(21)16-9-4-7(11(19)20)2-3-8(9)13/h2-4,6H,5H2,1H3,(H,19,20)(H2,14,16,21). The summed E-state index contributed by atoms with van der Waals surface area (Å²) in [5.74, 6) is -1.55. The number of carboxylic acids is 1. The van der Waals surface area contributed by atoms with Crippen molar-refractivity contribution in [2.75, 3.05) is 5.32 Å². The molecule has 0 saturated carbocycles. The van der Waals surface area contributed by atoms with E-state index >= 15 is 0 Å². The number of aryl methyl sites for hydroxylation is 1. The monoisotopic (exact) mass is 293 g/mol. The van der Waals surface area contributed by atoms with Crippen LogP contribution in [0.2, 0.25) is 0 Å². The fourth-order valence-electron chi connectivity index (χ4n) is 1.54. The zero-order valence-corrected chi connectivity index (χ0v) is 11.0. The van der Waals surface area contributed by atoms with Crippen molar-refractivity contribution >= 4 is 17.7 Å². The van der Waals surface area contributed by atoms with Crippen molar-refractivity contribution in [2.24, 2.45) is 7.05 Å². The van der Waals surface area contributed by atoms with E-state index in [1.807, 2.05) is 0 Å². The molecule has 1 aromatic carbocycles. The number of carbonyl (C=O) groups is 2. The number of amides is 2. The van der Waals surface area contributed by atoms with Crippen LogP contribution < -0.4 is 10.6 Å². The van der Waals surface area contributed by atoms with Crippen LogP contribution in [-0.4, -0.2) is 31.9 Å². The van der Waals surface area contributed by atoms with Crippen LogP contribution in [0.3, 0.4) is 0 Å². The Labute approximate surface area is 118 Å². The summed E-state index contributed by atoms with van der Waals surface area (Å²) < 4.78 is 15.0. The van der Waals surface area contributed by atoms with Crippen LogP contribution in [0.1, 0.15) is 16.2 Å². The molecule has 9 heteroatoms. The van der Waals surface area contributed by atoms with Gasteiger partial charge in [-0.3, -0.25) is 4.68 Å². The second-order valence-corrected chi connectivity index (χ2v) is 4.14. The van der Waals surface area contributed by atoms with E-state index < -0.39 is 17.8 Å². The van der Waals surface area contributed by atoms with Gasteiger partial charge in [-0.25, -0.2) is 19.0 Å². The van der Waals surface area contributed by atoms with Crippen LogP contribution >= 0.6 is 0 Å². The van der Waals surface area contributed by atoms with Crippen molar-refractivity contribution < 1.29 is 19.1 Å². The number of rotatable bonds is 4. The minimum atomic E-state index is -1.21. The largest absolute Gasteiger partial charge is 0.478 e. The Kier molecular flexibility index (Phi) is 4.12. The number of carbonyl (C=O) groups excluding carboxylic acids is 1. The average molecular weight is 293 g/mol. The summed E-state index contributed by atoms with van der Waals surface area (Å²) in [5, 5.41) is 17.4. The second-order valence-electron chi connectivity index (χ2n) is 4.14. The highest BCUT2D eigenvalue weighted by Gasteiger charge is 2.11. The zero-order chi connectivity index (χ0) is 15.4. The summed E-state index contributed by atoms with van der Waals surface area (Å²) in [6.07, 6.45) is 1.48. The summed E-state index contributed by atoms with van der Waals surface area (Å²) >= 11 is 0. The number of nitrogens with one attached hydrogen (secondary N) is 2. The molecule has 0 spiro atoms. The van der Waals surface area contributed by atoms with E-state index in [-0.39, 0.29) is 17.8 Å². The maximum absolute atomic E-state index is 13.5. The van der Waals surface area contributed by atoms with Gasteiger partial charge in [-0.05, 0) is 18.2 Å². The van der Waals surface area contributed by atoms with Crippen molar-refractivity contribution in [1.29, 1.82) is 0 Å². The van der Waals surface area contributed by atoms with Gasteiger partial charge in [0, 0.05) is 7.05 Å². The number of aromatic carboxylic acids is 1. The molecule has 110 valence electrons. The number of hydrogen-bond acceptors (Lipinski definition) is 4. The molecule has 8 nitrogen and oxygen atoms in total. The first kappa shape index (κ1) is 14.4. The third kappa shape index (κ3) is 3.75. The number of carboxylic acid groups (broad SMARTS) is 1. The summed E-state index contributed by atoms with van der Waals surface area (Å²) in [7, 11) is 1.68. The van der Waals surface area contributed by atoms with E-state index in [1.165, 1.54) is 11.0 Å². The average Bonchev–Trinajstić information content (AvgIpc) is 2.84. The maximum atomic E-state index is 13.5. The number of aromatic nitrogens is 3. The van der Waals surface area contributed by atoms with Crippen molar-refractivity contribution in [3.05, 3.63) is 41.7 Å². The summed E-state index contributed by atoms with van der Waals surface area (Å²) in [6.45, 7) is 0.0624. The lowest BCUT2D eigenvalue weighted by molar-refractivity contribution is 0.0697. The smallest absolute Gasteiger partial charge is 0.335 e. The first-order chi connectivity index (χ1) is 9.95. The van der Waals surface area contributed by atoms with Crippen molar-refractivity contribution in [2.45, 2.75) is 6.54 Å². The van der Waals surface area contributed by atoms with Gasteiger partial charge >= 0.3 is 12.0 Å². The number of hydrogen-bond donors (Lipinski definition) is 3. The number of halogens is 1. The number of nitrogens with zero attached hydrogens (tertiary/aromatic N) is 3. The lowest BCUT2D eigenvalue weighted by Gasteiger charge is -2.08. The Morgan fingerprint density at radius 2 is 2.19 bits per heavy atom. The molecule has 0 aliphatic rings. The van der Waals surface area contributed by atoms with Crippen LogP contribution in [-0.2, 0) is 13.6 Å². The van der Waals surface area contributed by atoms with Crippen LogP contribution in [0.4, 0.5) is 14.9 Å². The van der Waals surface area contributed by atoms with Crippen LogP contribution in [0.25, 0.3) is 0 Å². The van der Waals surface area contributed by atoms with Crippen molar-refractivity contribution in [3.8, 4) is 0 Å². The normalized spacial score (nSPS) is 10.2. The molecular weight excluding hydrogens is 281 g/mol. The summed E-state index contributed by atoms with van der Waals surface area (Å²) in [5.41, 5.74) is -0.348. The van der Waals surface area contributed by atoms with Gasteiger partial charge in [0.05, 0.1) is 17.8 Å². The fourth-order valence-corrected chi connectivity index (χ4v) is 1.54. The molecule has 0 atom stereocenters. The fraction of sp³-hybridized carbons (Fsp3) is 0.167. The van der Waals surface area contributed by atoms with E-state index in [2.05, 4.69) is 20.7 Å². The molecule has 2 amide bonds. The number of urea groups is 1. The molecule has 0 bridgehead atoms. The van der Waals surface area contributed by atoms with Gasteiger partial charge in [0.15, 0.2) is 5.82 Å². The highest BCUT2D eigenvalue weighted by molar-refractivity contribution is 5.93. The molecule has 1 aromatic heterocycles. The predicted molar refractivity (Wildman–Crippen MR) is 70.2 cm³/mol. The third-order valence-electron chi connectivity index (χ3n) is 2.52. The maximum Gasteiger partial charge on any atom is 0.335 e. The SMILES string of the molecule is Cn1cnc(CNC(=O)Nc2cc(C(=O)O)ccc2F)n1. The first-order valence-corrected chi connectivity index (χ1v) is 5.88. The lowest BCUT2D eigenvalue weighted by atomic mass is 10.2. The third-order valence-corrected chi connectivity index (χ3v) is 2.52. The van der Waals surface area contributed by atoms with E-state index in [1.54, 1.807) is 7.05 Å². The van der Waals surface area contributed by atoms with Crippen LogP contribution in [0.15, 0.2) is 24.5 Å². The van der Waals surface area contributed by atoms with Crippen molar-refractivity contribution in [3.63, 3.8) is 0 Å². The Bertz CT molecular complexity index is 685. The molecule has 0 aliphatic heterocycles. The van der Waals surface area contributed by atoms with Crippen molar-refractivity contribution in [1.82, 2.24) is 20.1 Å². The highest BCUT2D eigenvalue weighted by Crippen LogP contribution is 2.16. The molecule has 0 fully saturated rings. The summed E-state index contributed by atoms with van der Waals surface area (Å²) in [4.78, 5) is 26.3. The first-order valence-electron chi connectivity index (χ1n) is 5.88.